The molecule has 1 heterocycles. The van der Waals surface area contributed by atoms with Gasteiger partial charge in [-0.2, -0.15) is 5.10 Å². The molecule has 0 spiro atoms. The molecule has 0 atom stereocenters. The Bertz CT molecular complexity index is 629. The minimum absolute atomic E-state index is 0.146. The lowest BCUT2D eigenvalue weighted by Gasteiger charge is -2.21. The number of nitrogens with two attached hydrogens (primary N) is 2. The van der Waals surface area contributed by atoms with Gasteiger partial charge < -0.3 is 16.6 Å². The van der Waals surface area contributed by atoms with E-state index in [4.69, 9.17) is 11.5 Å². The van der Waals surface area contributed by atoms with Gasteiger partial charge in [0.05, 0.1) is 11.3 Å². The third-order valence-electron chi connectivity index (χ3n) is 3.34. The number of benzene rings is 1. The predicted molar refractivity (Wildman–Crippen MR) is 76.3 cm³/mol. The van der Waals surface area contributed by atoms with Gasteiger partial charge >= 0.3 is 0 Å². The van der Waals surface area contributed by atoms with Gasteiger partial charge in [0.15, 0.2) is 0 Å². The second-order valence-electron chi connectivity index (χ2n) is 5.32. The number of phenols is 1. The van der Waals surface area contributed by atoms with Gasteiger partial charge in [0.25, 0.3) is 5.91 Å². The van der Waals surface area contributed by atoms with E-state index in [2.05, 4.69) is 10.2 Å². The molecule has 2 aromatic rings. The molecule has 0 bridgehead atoms. The van der Waals surface area contributed by atoms with E-state index in [9.17, 15) is 9.90 Å². The Morgan fingerprint density at radius 3 is 2.45 bits per heavy atom. The molecule has 0 aliphatic rings. The topological polar surface area (TPSA) is 118 Å². The quantitative estimate of drug-likeness (QED) is 0.668. The van der Waals surface area contributed by atoms with Crippen molar-refractivity contribution < 1.29 is 9.90 Å². The predicted octanol–water partition coefficient (Wildman–Crippen LogP) is 1.12. The fourth-order valence-electron chi connectivity index (χ4n) is 2.00. The van der Waals surface area contributed by atoms with Gasteiger partial charge in [0.2, 0.25) is 0 Å². The summed E-state index contributed by atoms with van der Waals surface area (Å²) in [4.78, 5) is 11.8. The van der Waals surface area contributed by atoms with Crippen LogP contribution in [-0.2, 0) is 5.41 Å². The van der Waals surface area contributed by atoms with Crippen molar-refractivity contribution in [3.63, 3.8) is 0 Å². The van der Waals surface area contributed by atoms with Crippen molar-refractivity contribution in [2.75, 3.05) is 6.54 Å². The SMILES string of the molecule is CC(C)(CN)c1[nH]nc(-c2ccc(O)cc2)c1C(N)=O. The van der Waals surface area contributed by atoms with E-state index >= 15 is 0 Å². The van der Waals surface area contributed by atoms with Crippen LogP contribution in [0.25, 0.3) is 11.3 Å². The summed E-state index contributed by atoms with van der Waals surface area (Å²) >= 11 is 0. The fraction of sp³-hybridized carbons (Fsp3) is 0.286. The first-order chi connectivity index (χ1) is 9.36. The highest BCUT2D eigenvalue weighted by molar-refractivity contribution is 6.00. The summed E-state index contributed by atoms with van der Waals surface area (Å²) in [6.45, 7) is 4.17. The number of hydrogen-bond donors (Lipinski definition) is 4. The van der Waals surface area contributed by atoms with Crippen molar-refractivity contribution in [3.8, 4) is 17.0 Å². The van der Waals surface area contributed by atoms with Crippen molar-refractivity contribution in [3.05, 3.63) is 35.5 Å². The summed E-state index contributed by atoms with van der Waals surface area (Å²) in [6, 6.07) is 6.42. The van der Waals surface area contributed by atoms with Gasteiger partial charge in [-0.25, -0.2) is 0 Å². The lowest BCUT2D eigenvalue weighted by atomic mass is 9.85. The highest BCUT2D eigenvalue weighted by atomic mass is 16.3. The molecule has 20 heavy (non-hydrogen) atoms. The van der Waals surface area contributed by atoms with Crippen molar-refractivity contribution in [1.82, 2.24) is 10.2 Å². The van der Waals surface area contributed by atoms with Crippen LogP contribution in [0.1, 0.15) is 29.9 Å². The maximum absolute atomic E-state index is 11.8. The number of rotatable bonds is 4. The summed E-state index contributed by atoms with van der Waals surface area (Å²) in [5.74, 6) is -0.411. The Morgan fingerprint density at radius 1 is 1.35 bits per heavy atom. The van der Waals surface area contributed by atoms with E-state index in [0.29, 0.717) is 29.1 Å². The van der Waals surface area contributed by atoms with Crippen LogP contribution in [-0.4, -0.2) is 27.8 Å². The number of nitrogens with one attached hydrogen (secondary N) is 1. The first kappa shape index (κ1) is 14.1. The summed E-state index contributed by atoms with van der Waals surface area (Å²) in [6.07, 6.45) is 0. The highest BCUT2D eigenvalue weighted by Gasteiger charge is 2.29. The van der Waals surface area contributed by atoms with Crippen molar-refractivity contribution in [2.45, 2.75) is 19.3 Å². The zero-order valence-electron chi connectivity index (χ0n) is 11.5. The summed E-state index contributed by atoms with van der Waals surface area (Å²) in [5, 5.41) is 16.4. The molecule has 1 aromatic heterocycles. The van der Waals surface area contributed by atoms with Crippen LogP contribution in [0.15, 0.2) is 24.3 Å². The van der Waals surface area contributed by atoms with E-state index < -0.39 is 11.3 Å². The number of carbonyl (C=O) groups is 1. The van der Waals surface area contributed by atoms with Crippen molar-refractivity contribution >= 4 is 5.91 Å². The summed E-state index contributed by atoms with van der Waals surface area (Å²) in [5.41, 5.74) is 12.9. The first-order valence-electron chi connectivity index (χ1n) is 6.25. The molecular weight excluding hydrogens is 256 g/mol. The zero-order chi connectivity index (χ0) is 14.9. The van der Waals surface area contributed by atoms with Crippen LogP contribution in [0.4, 0.5) is 0 Å². The minimum Gasteiger partial charge on any atom is -0.508 e. The monoisotopic (exact) mass is 274 g/mol. The van der Waals surface area contributed by atoms with E-state index in [1.165, 1.54) is 12.1 Å². The number of aromatic amines is 1. The Morgan fingerprint density at radius 2 is 1.95 bits per heavy atom. The number of H-pyrrole nitrogens is 1. The van der Waals surface area contributed by atoms with E-state index in [0.717, 1.165) is 0 Å². The molecule has 0 unspecified atom stereocenters. The van der Waals surface area contributed by atoms with E-state index in [1.54, 1.807) is 12.1 Å². The first-order valence-corrected chi connectivity index (χ1v) is 6.25. The zero-order valence-corrected chi connectivity index (χ0v) is 11.5. The lowest BCUT2D eigenvalue weighted by Crippen LogP contribution is -2.31. The normalized spacial score (nSPS) is 11.6. The maximum atomic E-state index is 11.8. The Hall–Kier alpha value is -2.34. The Labute approximate surface area is 116 Å². The molecule has 6 nitrogen and oxygen atoms in total. The molecule has 0 aliphatic heterocycles. The van der Waals surface area contributed by atoms with Gasteiger partial charge in [-0.3, -0.25) is 9.89 Å². The third-order valence-corrected chi connectivity index (χ3v) is 3.34. The highest BCUT2D eigenvalue weighted by Crippen LogP contribution is 2.31. The average Bonchev–Trinajstić information content (AvgIpc) is 2.85. The third kappa shape index (κ3) is 2.37. The number of primary amides is 1. The summed E-state index contributed by atoms with van der Waals surface area (Å²) in [7, 11) is 0. The molecule has 0 saturated carbocycles. The van der Waals surface area contributed by atoms with Crippen molar-refractivity contribution in [2.24, 2.45) is 11.5 Å². The van der Waals surface area contributed by atoms with Crippen LogP contribution in [0, 0.1) is 0 Å². The molecule has 6 N–H and O–H groups in total. The molecular formula is C14H18N4O2. The lowest BCUT2D eigenvalue weighted by molar-refractivity contribution is 0.0999. The van der Waals surface area contributed by atoms with Crippen LogP contribution in [0.2, 0.25) is 0 Å². The molecule has 106 valence electrons. The van der Waals surface area contributed by atoms with Crippen LogP contribution < -0.4 is 11.5 Å². The Balaban J connectivity index is 2.61. The number of aromatic hydroxyl groups is 1. The van der Waals surface area contributed by atoms with Gasteiger partial charge in [0.1, 0.15) is 11.4 Å². The molecule has 1 amide bonds. The number of hydrogen-bond acceptors (Lipinski definition) is 4. The smallest absolute Gasteiger partial charge is 0.252 e. The summed E-state index contributed by atoms with van der Waals surface area (Å²) < 4.78 is 0. The fourth-order valence-corrected chi connectivity index (χ4v) is 2.00. The van der Waals surface area contributed by atoms with Gasteiger partial charge in [-0.1, -0.05) is 13.8 Å². The number of phenolic OH excluding ortho intramolecular Hbond substituents is 1. The Kier molecular flexibility index (Phi) is 3.50. The molecule has 0 fully saturated rings. The van der Waals surface area contributed by atoms with Crippen LogP contribution >= 0.6 is 0 Å². The van der Waals surface area contributed by atoms with Crippen LogP contribution in [0.3, 0.4) is 0 Å². The molecule has 0 aliphatic carbocycles. The molecule has 0 saturated heterocycles. The van der Waals surface area contributed by atoms with Crippen molar-refractivity contribution in [1.29, 1.82) is 0 Å². The molecule has 0 radical (unpaired) electrons. The number of nitrogens with zero attached hydrogens (tertiary/aromatic N) is 1. The average molecular weight is 274 g/mol. The number of aromatic nitrogens is 2. The largest absolute Gasteiger partial charge is 0.508 e. The number of amides is 1. The number of carbonyl (C=O) groups excluding carboxylic acids is 1. The van der Waals surface area contributed by atoms with E-state index in [-0.39, 0.29) is 5.75 Å². The molecule has 1 aromatic carbocycles. The second kappa shape index (κ2) is 4.97. The minimum atomic E-state index is -0.557. The van der Waals surface area contributed by atoms with Gasteiger partial charge in [-0.05, 0) is 24.3 Å². The standard InChI is InChI=1S/C14H18N4O2/c1-14(2,7-15)12-10(13(16)20)11(17-18-12)8-3-5-9(19)6-4-8/h3-6,19H,7,15H2,1-2H3,(H2,16,20)(H,17,18). The van der Waals surface area contributed by atoms with Gasteiger partial charge in [0, 0.05) is 17.5 Å². The second-order valence-corrected chi connectivity index (χ2v) is 5.32. The molecule has 2 rings (SSSR count). The maximum Gasteiger partial charge on any atom is 0.252 e. The molecule has 6 heteroatoms. The van der Waals surface area contributed by atoms with E-state index in [1.807, 2.05) is 13.8 Å². The van der Waals surface area contributed by atoms with Gasteiger partial charge in [-0.15, -0.1) is 0 Å². The van der Waals surface area contributed by atoms with Crippen LogP contribution in [0.5, 0.6) is 5.75 Å².